The Morgan fingerprint density at radius 1 is 1.12 bits per heavy atom. The molecule has 17 heavy (non-hydrogen) atoms. The van der Waals surface area contributed by atoms with Gasteiger partial charge in [0.25, 0.3) is 0 Å². The standard InChI is InChI=1S/C13H13ClN2S/c1-10-3-2-4-11(7-10)8-17-9-12-5-6-13(14)16-15-12/h2-7H,8-9H2,1H3. The van der Waals surface area contributed by atoms with Crippen LogP contribution in [0, 0.1) is 6.92 Å². The molecule has 0 aliphatic rings. The molecule has 4 heteroatoms. The van der Waals surface area contributed by atoms with Crippen molar-refractivity contribution in [3.8, 4) is 0 Å². The van der Waals surface area contributed by atoms with Crippen molar-refractivity contribution in [2.24, 2.45) is 0 Å². The Morgan fingerprint density at radius 3 is 2.71 bits per heavy atom. The predicted octanol–water partition coefficient (Wildman–Crippen LogP) is 3.87. The molecule has 1 aromatic heterocycles. The Balaban J connectivity index is 1.85. The monoisotopic (exact) mass is 264 g/mol. The van der Waals surface area contributed by atoms with Crippen LogP contribution >= 0.6 is 23.4 Å². The number of aryl methyl sites for hydroxylation is 1. The van der Waals surface area contributed by atoms with Gasteiger partial charge in [-0.3, -0.25) is 0 Å². The molecule has 1 heterocycles. The van der Waals surface area contributed by atoms with Gasteiger partial charge in [-0.2, -0.15) is 16.9 Å². The molecule has 0 unspecified atom stereocenters. The van der Waals surface area contributed by atoms with Crippen LogP contribution < -0.4 is 0 Å². The van der Waals surface area contributed by atoms with Crippen LogP contribution in [0.5, 0.6) is 0 Å². The van der Waals surface area contributed by atoms with E-state index in [-0.39, 0.29) is 0 Å². The molecule has 0 spiro atoms. The van der Waals surface area contributed by atoms with E-state index in [9.17, 15) is 0 Å². The molecule has 0 aliphatic carbocycles. The van der Waals surface area contributed by atoms with Crippen molar-refractivity contribution in [1.82, 2.24) is 10.2 Å². The summed E-state index contributed by atoms with van der Waals surface area (Å²) in [4.78, 5) is 0. The molecule has 88 valence electrons. The smallest absolute Gasteiger partial charge is 0.151 e. The Hall–Kier alpha value is -1.06. The molecular formula is C13H13ClN2S. The second-order valence-electron chi connectivity index (χ2n) is 3.83. The van der Waals surface area contributed by atoms with E-state index in [1.165, 1.54) is 11.1 Å². The van der Waals surface area contributed by atoms with Crippen LogP contribution in [-0.2, 0) is 11.5 Å². The van der Waals surface area contributed by atoms with E-state index >= 15 is 0 Å². The van der Waals surface area contributed by atoms with Gasteiger partial charge in [0.2, 0.25) is 0 Å². The molecule has 1 aromatic carbocycles. The number of halogens is 1. The fraction of sp³-hybridized carbons (Fsp3) is 0.231. The molecule has 0 saturated carbocycles. The van der Waals surface area contributed by atoms with Crippen LogP contribution in [0.3, 0.4) is 0 Å². The van der Waals surface area contributed by atoms with E-state index in [1.54, 1.807) is 6.07 Å². The lowest BCUT2D eigenvalue weighted by atomic mass is 10.2. The van der Waals surface area contributed by atoms with E-state index in [4.69, 9.17) is 11.6 Å². The molecule has 2 aromatic rings. The number of aromatic nitrogens is 2. The average Bonchev–Trinajstić information content (AvgIpc) is 2.32. The van der Waals surface area contributed by atoms with Gasteiger partial charge >= 0.3 is 0 Å². The predicted molar refractivity (Wildman–Crippen MR) is 73.2 cm³/mol. The lowest BCUT2D eigenvalue weighted by molar-refractivity contribution is 0.971. The summed E-state index contributed by atoms with van der Waals surface area (Å²) in [6.07, 6.45) is 0. The normalized spacial score (nSPS) is 10.5. The van der Waals surface area contributed by atoms with E-state index in [0.717, 1.165) is 17.2 Å². The largest absolute Gasteiger partial charge is 0.153 e. The molecule has 2 rings (SSSR count). The highest BCUT2D eigenvalue weighted by Gasteiger charge is 1.98. The first kappa shape index (κ1) is 12.4. The molecule has 0 saturated heterocycles. The Labute approximate surface area is 110 Å². The Bertz CT molecular complexity index is 485. The number of hydrogen-bond donors (Lipinski definition) is 0. The van der Waals surface area contributed by atoms with Gasteiger partial charge in [-0.05, 0) is 24.6 Å². The van der Waals surface area contributed by atoms with Crippen LogP contribution in [0.25, 0.3) is 0 Å². The molecule has 0 amide bonds. The van der Waals surface area contributed by atoms with Crippen molar-refractivity contribution in [3.05, 3.63) is 58.4 Å². The van der Waals surface area contributed by atoms with Crippen molar-refractivity contribution in [1.29, 1.82) is 0 Å². The third kappa shape index (κ3) is 4.02. The average molecular weight is 265 g/mol. The third-order valence-electron chi connectivity index (χ3n) is 2.29. The first-order valence-electron chi connectivity index (χ1n) is 5.35. The van der Waals surface area contributed by atoms with Crippen LogP contribution in [-0.4, -0.2) is 10.2 Å². The summed E-state index contributed by atoms with van der Waals surface area (Å²) in [5.74, 6) is 1.85. The van der Waals surface area contributed by atoms with E-state index in [2.05, 4.69) is 41.4 Å². The summed E-state index contributed by atoms with van der Waals surface area (Å²) in [5, 5.41) is 8.29. The zero-order chi connectivity index (χ0) is 12.1. The van der Waals surface area contributed by atoms with E-state index in [0.29, 0.717) is 5.15 Å². The number of nitrogens with zero attached hydrogens (tertiary/aromatic N) is 2. The zero-order valence-corrected chi connectivity index (χ0v) is 11.1. The molecule has 0 radical (unpaired) electrons. The fourth-order valence-corrected chi connectivity index (χ4v) is 2.48. The topological polar surface area (TPSA) is 25.8 Å². The van der Waals surface area contributed by atoms with Gasteiger partial charge < -0.3 is 0 Å². The summed E-state index contributed by atoms with van der Waals surface area (Å²) >= 11 is 7.51. The van der Waals surface area contributed by atoms with Crippen LogP contribution in [0.2, 0.25) is 5.15 Å². The number of rotatable bonds is 4. The van der Waals surface area contributed by atoms with Crippen molar-refractivity contribution in [2.75, 3.05) is 0 Å². The number of benzene rings is 1. The van der Waals surface area contributed by atoms with Gasteiger partial charge in [0.05, 0.1) is 5.69 Å². The number of thioether (sulfide) groups is 1. The molecular weight excluding hydrogens is 252 g/mol. The van der Waals surface area contributed by atoms with Crippen LogP contribution in [0.15, 0.2) is 36.4 Å². The molecule has 0 bridgehead atoms. The molecule has 0 atom stereocenters. The Kier molecular flexibility index (Phi) is 4.40. The minimum absolute atomic E-state index is 0.442. The van der Waals surface area contributed by atoms with Gasteiger partial charge in [-0.25, -0.2) is 0 Å². The maximum atomic E-state index is 5.68. The number of hydrogen-bond acceptors (Lipinski definition) is 3. The van der Waals surface area contributed by atoms with Gasteiger partial charge in [0.1, 0.15) is 0 Å². The van der Waals surface area contributed by atoms with Crippen molar-refractivity contribution >= 4 is 23.4 Å². The highest BCUT2D eigenvalue weighted by Crippen LogP contribution is 2.17. The SMILES string of the molecule is Cc1cccc(CSCc2ccc(Cl)nn2)c1. The summed E-state index contributed by atoms with van der Waals surface area (Å²) in [5.41, 5.74) is 3.61. The van der Waals surface area contributed by atoms with Crippen molar-refractivity contribution in [3.63, 3.8) is 0 Å². The molecule has 2 nitrogen and oxygen atoms in total. The van der Waals surface area contributed by atoms with Gasteiger partial charge in [0, 0.05) is 11.5 Å². The van der Waals surface area contributed by atoms with E-state index in [1.807, 2.05) is 17.8 Å². The van der Waals surface area contributed by atoms with Crippen molar-refractivity contribution < 1.29 is 0 Å². The zero-order valence-electron chi connectivity index (χ0n) is 9.56. The van der Waals surface area contributed by atoms with Gasteiger partial charge in [-0.15, -0.1) is 5.10 Å². The summed E-state index contributed by atoms with van der Waals surface area (Å²) < 4.78 is 0. The molecule has 0 aliphatic heterocycles. The van der Waals surface area contributed by atoms with E-state index < -0.39 is 0 Å². The lowest BCUT2D eigenvalue weighted by Gasteiger charge is -2.02. The third-order valence-corrected chi connectivity index (χ3v) is 3.53. The summed E-state index contributed by atoms with van der Waals surface area (Å²) in [6, 6.07) is 12.2. The first-order chi connectivity index (χ1) is 8.24. The maximum absolute atomic E-state index is 5.68. The minimum atomic E-state index is 0.442. The second-order valence-corrected chi connectivity index (χ2v) is 5.20. The van der Waals surface area contributed by atoms with Crippen LogP contribution in [0.1, 0.15) is 16.8 Å². The summed E-state index contributed by atoms with van der Waals surface area (Å²) in [6.45, 7) is 2.11. The quantitative estimate of drug-likeness (QED) is 0.838. The molecule has 0 fully saturated rings. The maximum Gasteiger partial charge on any atom is 0.151 e. The fourth-order valence-electron chi connectivity index (χ4n) is 1.50. The minimum Gasteiger partial charge on any atom is -0.153 e. The first-order valence-corrected chi connectivity index (χ1v) is 6.89. The molecule has 0 N–H and O–H groups in total. The van der Waals surface area contributed by atoms with Crippen molar-refractivity contribution in [2.45, 2.75) is 18.4 Å². The van der Waals surface area contributed by atoms with Gasteiger partial charge in [-0.1, -0.05) is 41.4 Å². The van der Waals surface area contributed by atoms with Crippen LogP contribution in [0.4, 0.5) is 0 Å². The summed E-state index contributed by atoms with van der Waals surface area (Å²) in [7, 11) is 0. The lowest BCUT2D eigenvalue weighted by Crippen LogP contribution is -1.90. The Morgan fingerprint density at radius 2 is 2.00 bits per heavy atom. The second kappa shape index (κ2) is 6.03. The highest BCUT2D eigenvalue weighted by atomic mass is 35.5. The highest BCUT2D eigenvalue weighted by molar-refractivity contribution is 7.97. The van der Waals surface area contributed by atoms with Gasteiger partial charge in [0.15, 0.2) is 5.15 Å².